The van der Waals surface area contributed by atoms with Gasteiger partial charge >= 0.3 is 0 Å². The minimum absolute atomic E-state index is 0.172. The van der Waals surface area contributed by atoms with Crippen LogP contribution in [0.5, 0.6) is 0 Å². The smallest absolute Gasteiger partial charge is 0.259 e. The molecule has 144 valence electrons. The highest BCUT2D eigenvalue weighted by Gasteiger charge is 2.28. The van der Waals surface area contributed by atoms with Crippen molar-refractivity contribution in [3.8, 4) is 11.1 Å². The van der Waals surface area contributed by atoms with Crippen molar-refractivity contribution in [2.75, 3.05) is 13.1 Å². The zero-order valence-electron chi connectivity index (χ0n) is 15.5. The van der Waals surface area contributed by atoms with Gasteiger partial charge in [0.15, 0.2) is 5.43 Å². The van der Waals surface area contributed by atoms with E-state index < -0.39 is 0 Å². The molecule has 2 aromatic heterocycles. The number of H-pyrrole nitrogens is 2. The van der Waals surface area contributed by atoms with Crippen LogP contribution >= 0.6 is 0 Å². The number of halogens is 1. The molecule has 6 nitrogen and oxygen atoms in total. The van der Waals surface area contributed by atoms with E-state index in [1.54, 1.807) is 24.1 Å². The summed E-state index contributed by atoms with van der Waals surface area (Å²) in [5.41, 5.74) is 3.28. The maximum atomic E-state index is 13.6. The first-order valence-corrected chi connectivity index (χ1v) is 9.31. The van der Waals surface area contributed by atoms with Crippen LogP contribution in [-0.2, 0) is 0 Å². The molecule has 1 aliphatic rings. The Morgan fingerprint density at radius 1 is 1.25 bits per heavy atom. The number of amides is 1. The number of nitrogens with zero attached hydrogens (tertiary/aromatic N) is 2. The highest BCUT2D eigenvalue weighted by atomic mass is 19.1. The average molecular weight is 380 g/mol. The summed E-state index contributed by atoms with van der Waals surface area (Å²) in [4.78, 5) is 29.4. The first-order valence-electron chi connectivity index (χ1n) is 9.31. The van der Waals surface area contributed by atoms with Crippen LogP contribution in [0.1, 0.15) is 40.5 Å². The van der Waals surface area contributed by atoms with E-state index in [-0.39, 0.29) is 28.6 Å². The minimum atomic E-state index is -0.284. The van der Waals surface area contributed by atoms with Gasteiger partial charge in [0.25, 0.3) is 5.91 Å². The molecule has 3 heterocycles. The lowest BCUT2D eigenvalue weighted by molar-refractivity contribution is 0.0710. The van der Waals surface area contributed by atoms with E-state index >= 15 is 0 Å². The normalized spacial score (nSPS) is 15.0. The topological polar surface area (TPSA) is 81.8 Å². The molecule has 0 saturated carbocycles. The average Bonchev–Trinajstić information content (AvgIpc) is 3.17. The third-order valence-electron chi connectivity index (χ3n) is 5.28. The molecular weight excluding hydrogens is 359 g/mol. The molecule has 1 amide bonds. The minimum Gasteiger partial charge on any atom is -0.364 e. The molecule has 1 aliphatic heterocycles. The van der Waals surface area contributed by atoms with Crippen LogP contribution in [0.2, 0.25) is 0 Å². The van der Waals surface area contributed by atoms with Gasteiger partial charge in [0, 0.05) is 48.2 Å². The summed E-state index contributed by atoms with van der Waals surface area (Å²) >= 11 is 0. The number of aromatic nitrogens is 3. The third kappa shape index (κ3) is 3.47. The zero-order valence-corrected chi connectivity index (χ0v) is 15.5. The molecule has 0 aliphatic carbocycles. The molecule has 0 bridgehead atoms. The Labute approximate surface area is 161 Å². The van der Waals surface area contributed by atoms with Crippen molar-refractivity contribution in [1.82, 2.24) is 20.1 Å². The van der Waals surface area contributed by atoms with Crippen molar-refractivity contribution in [1.29, 1.82) is 0 Å². The second-order valence-corrected chi connectivity index (χ2v) is 7.17. The van der Waals surface area contributed by atoms with E-state index in [0.29, 0.717) is 13.1 Å². The fourth-order valence-electron chi connectivity index (χ4n) is 3.78. The number of aryl methyl sites for hydroxylation is 1. The van der Waals surface area contributed by atoms with E-state index in [0.717, 1.165) is 35.4 Å². The van der Waals surface area contributed by atoms with Gasteiger partial charge in [-0.25, -0.2) is 4.39 Å². The number of nitrogens with one attached hydrogen (secondary N) is 2. The van der Waals surface area contributed by atoms with Gasteiger partial charge in [0.1, 0.15) is 11.4 Å². The number of benzene rings is 1. The number of hydrogen-bond acceptors (Lipinski definition) is 3. The predicted octanol–water partition coefficient (Wildman–Crippen LogP) is 3.23. The van der Waals surface area contributed by atoms with E-state index in [9.17, 15) is 14.0 Å². The number of likely N-dealkylation sites (tertiary alicyclic amines) is 1. The number of hydrogen-bond donors (Lipinski definition) is 2. The summed E-state index contributed by atoms with van der Waals surface area (Å²) in [7, 11) is 0. The van der Waals surface area contributed by atoms with Crippen molar-refractivity contribution < 1.29 is 9.18 Å². The van der Waals surface area contributed by atoms with E-state index in [4.69, 9.17) is 0 Å². The van der Waals surface area contributed by atoms with Gasteiger partial charge < -0.3 is 9.88 Å². The second kappa shape index (κ2) is 7.42. The Bertz CT molecular complexity index is 1060. The number of piperidine rings is 1. The van der Waals surface area contributed by atoms with Crippen LogP contribution in [0.4, 0.5) is 4.39 Å². The zero-order chi connectivity index (χ0) is 19.7. The molecule has 0 spiro atoms. The Morgan fingerprint density at radius 2 is 2.04 bits per heavy atom. The molecule has 0 radical (unpaired) electrons. The molecule has 4 rings (SSSR count). The van der Waals surface area contributed by atoms with Gasteiger partial charge in [-0.1, -0.05) is 12.1 Å². The maximum absolute atomic E-state index is 13.6. The lowest BCUT2D eigenvalue weighted by Crippen LogP contribution is -2.40. The fraction of sp³-hybridized carbons (Fsp3) is 0.286. The lowest BCUT2D eigenvalue weighted by Gasteiger charge is -2.32. The molecule has 0 atom stereocenters. The van der Waals surface area contributed by atoms with Gasteiger partial charge in [-0.3, -0.25) is 14.7 Å². The first-order chi connectivity index (χ1) is 13.5. The summed E-state index contributed by atoms with van der Waals surface area (Å²) in [6.45, 7) is 2.89. The highest BCUT2D eigenvalue weighted by Crippen LogP contribution is 2.34. The molecule has 3 aromatic rings. The summed E-state index contributed by atoms with van der Waals surface area (Å²) in [5.74, 6) is -0.329. The standard InChI is InChI=1S/C21H21FN4O2/c1-13-9-19(27)18(11-23-13)21(28)26-7-5-14(6-8-26)20-17(12-24-25-20)15-3-2-4-16(22)10-15/h2-4,9-12,14H,5-8H2,1H3,(H,23,27)(H,24,25). The molecular formula is C21H21FN4O2. The van der Waals surface area contributed by atoms with E-state index in [1.807, 2.05) is 6.07 Å². The molecule has 7 heteroatoms. The Kier molecular flexibility index (Phi) is 4.81. The van der Waals surface area contributed by atoms with Crippen LogP contribution in [0.15, 0.2) is 47.5 Å². The van der Waals surface area contributed by atoms with Gasteiger partial charge in [-0.2, -0.15) is 5.10 Å². The Morgan fingerprint density at radius 3 is 2.75 bits per heavy atom. The summed E-state index contributed by atoms with van der Waals surface area (Å²) in [6.07, 6.45) is 4.70. The monoisotopic (exact) mass is 380 g/mol. The van der Waals surface area contributed by atoms with Gasteiger partial charge in [-0.05, 0) is 37.5 Å². The SMILES string of the molecule is Cc1cc(=O)c(C(=O)N2CCC(c3[nH]ncc3-c3cccc(F)c3)CC2)c[nH]1. The van der Waals surface area contributed by atoms with Crippen LogP contribution < -0.4 is 5.43 Å². The number of aromatic amines is 2. The van der Waals surface area contributed by atoms with Crippen molar-refractivity contribution in [3.05, 3.63) is 75.7 Å². The number of pyridine rings is 1. The number of rotatable bonds is 3. The summed E-state index contributed by atoms with van der Waals surface area (Å²) < 4.78 is 13.6. The van der Waals surface area contributed by atoms with Crippen LogP contribution in [0.25, 0.3) is 11.1 Å². The Hall–Kier alpha value is -3.22. The number of carbonyl (C=O) groups excluding carboxylic acids is 1. The summed E-state index contributed by atoms with van der Waals surface area (Å²) in [6, 6.07) is 7.90. The highest BCUT2D eigenvalue weighted by molar-refractivity contribution is 5.93. The molecule has 0 unspecified atom stereocenters. The lowest BCUT2D eigenvalue weighted by atomic mass is 9.89. The van der Waals surface area contributed by atoms with Gasteiger partial charge in [0.2, 0.25) is 0 Å². The van der Waals surface area contributed by atoms with Crippen molar-refractivity contribution >= 4 is 5.91 Å². The quantitative estimate of drug-likeness (QED) is 0.732. The Balaban J connectivity index is 1.49. The van der Waals surface area contributed by atoms with E-state index in [2.05, 4.69) is 15.2 Å². The van der Waals surface area contributed by atoms with Crippen molar-refractivity contribution in [2.45, 2.75) is 25.7 Å². The molecule has 1 aromatic carbocycles. The molecule has 1 fully saturated rings. The van der Waals surface area contributed by atoms with Gasteiger partial charge in [-0.15, -0.1) is 0 Å². The fourth-order valence-corrected chi connectivity index (χ4v) is 3.78. The molecule has 2 N–H and O–H groups in total. The van der Waals surface area contributed by atoms with Crippen molar-refractivity contribution in [3.63, 3.8) is 0 Å². The van der Waals surface area contributed by atoms with Crippen LogP contribution in [0, 0.1) is 12.7 Å². The number of carbonyl (C=O) groups is 1. The van der Waals surface area contributed by atoms with Crippen LogP contribution in [0.3, 0.4) is 0 Å². The third-order valence-corrected chi connectivity index (χ3v) is 5.28. The van der Waals surface area contributed by atoms with Crippen molar-refractivity contribution in [2.24, 2.45) is 0 Å². The van der Waals surface area contributed by atoms with Crippen LogP contribution in [-0.4, -0.2) is 39.1 Å². The predicted molar refractivity (Wildman–Crippen MR) is 104 cm³/mol. The second-order valence-electron chi connectivity index (χ2n) is 7.17. The summed E-state index contributed by atoms with van der Waals surface area (Å²) in [5, 5.41) is 7.21. The van der Waals surface area contributed by atoms with E-state index in [1.165, 1.54) is 24.4 Å². The first kappa shape index (κ1) is 18.2. The molecule has 28 heavy (non-hydrogen) atoms. The maximum Gasteiger partial charge on any atom is 0.259 e. The largest absolute Gasteiger partial charge is 0.364 e. The van der Waals surface area contributed by atoms with Gasteiger partial charge in [0.05, 0.1) is 6.20 Å². The molecule has 1 saturated heterocycles.